The van der Waals surface area contributed by atoms with Gasteiger partial charge in [-0.2, -0.15) is 0 Å². The normalized spacial score (nSPS) is 10.1. The number of carboxylic acids is 1. The Morgan fingerprint density at radius 3 is 2.44 bits per heavy atom. The predicted octanol–water partition coefficient (Wildman–Crippen LogP) is 1.33. The highest BCUT2D eigenvalue weighted by Crippen LogP contribution is 2.12. The van der Waals surface area contributed by atoms with Crippen LogP contribution in [0.5, 0.6) is 0 Å². The molecule has 7 heteroatoms. The first kappa shape index (κ1) is 11.8. The molecule has 1 aromatic carbocycles. The van der Waals surface area contributed by atoms with E-state index in [1.54, 1.807) is 13.0 Å². The van der Waals surface area contributed by atoms with Crippen LogP contribution in [-0.4, -0.2) is 27.2 Å². The highest BCUT2D eigenvalue weighted by molar-refractivity contribution is 6.09. The van der Waals surface area contributed by atoms with E-state index in [4.69, 9.17) is 9.52 Å². The maximum absolute atomic E-state index is 11.8. The van der Waals surface area contributed by atoms with Gasteiger partial charge in [0.1, 0.15) is 0 Å². The summed E-state index contributed by atoms with van der Waals surface area (Å²) >= 11 is 0. The fourth-order valence-electron chi connectivity index (χ4n) is 1.38. The summed E-state index contributed by atoms with van der Waals surface area (Å²) in [6.45, 7) is 1.58. The van der Waals surface area contributed by atoms with Gasteiger partial charge in [-0.1, -0.05) is 17.2 Å². The second-order valence-corrected chi connectivity index (χ2v) is 3.43. The second kappa shape index (κ2) is 4.66. The Morgan fingerprint density at radius 2 is 1.89 bits per heavy atom. The number of nitrogens with one attached hydrogen (secondary N) is 1. The number of benzene rings is 1. The monoisotopic (exact) mass is 247 g/mol. The fraction of sp³-hybridized carbons (Fsp3) is 0.0909. The average Bonchev–Trinajstić information content (AvgIpc) is 2.74. The Kier molecular flexibility index (Phi) is 3.05. The third-order valence-electron chi connectivity index (χ3n) is 2.15. The molecule has 1 heterocycles. The van der Waals surface area contributed by atoms with Crippen LogP contribution in [0.4, 0.5) is 6.01 Å². The maximum Gasteiger partial charge on any atom is 0.336 e. The molecule has 7 nitrogen and oxygen atoms in total. The number of hydrogen-bond donors (Lipinski definition) is 2. The zero-order valence-corrected chi connectivity index (χ0v) is 9.38. The summed E-state index contributed by atoms with van der Waals surface area (Å²) in [6.07, 6.45) is 0. The van der Waals surface area contributed by atoms with Gasteiger partial charge >= 0.3 is 12.0 Å². The number of carbonyl (C=O) groups excluding carboxylic acids is 1. The lowest BCUT2D eigenvalue weighted by molar-refractivity contribution is 0.0692. The molecule has 0 aliphatic rings. The van der Waals surface area contributed by atoms with E-state index in [0.717, 1.165) is 0 Å². The van der Waals surface area contributed by atoms with Crippen molar-refractivity contribution in [3.05, 3.63) is 41.3 Å². The largest absolute Gasteiger partial charge is 0.478 e. The summed E-state index contributed by atoms with van der Waals surface area (Å²) in [7, 11) is 0. The average molecular weight is 247 g/mol. The van der Waals surface area contributed by atoms with Gasteiger partial charge in [-0.25, -0.2) is 4.79 Å². The van der Waals surface area contributed by atoms with E-state index < -0.39 is 11.9 Å². The highest BCUT2D eigenvalue weighted by atomic mass is 16.4. The lowest BCUT2D eigenvalue weighted by Crippen LogP contribution is -2.16. The van der Waals surface area contributed by atoms with Crippen LogP contribution >= 0.6 is 0 Å². The van der Waals surface area contributed by atoms with Crippen molar-refractivity contribution in [1.82, 2.24) is 10.2 Å². The van der Waals surface area contributed by atoms with Crippen LogP contribution in [0.2, 0.25) is 0 Å². The molecule has 1 aromatic heterocycles. The van der Waals surface area contributed by atoms with E-state index in [9.17, 15) is 9.59 Å². The lowest BCUT2D eigenvalue weighted by atomic mass is 10.1. The minimum atomic E-state index is -1.18. The van der Waals surface area contributed by atoms with Gasteiger partial charge < -0.3 is 9.52 Å². The Morgan fingerprint density at radius 1 is 1.22 bits per heavy atom. The topological polar surface area (TPSA) is 105 Å². The van der Waals surface area contributed by atoms with Crippen LogP contribution in [0.25, 0.3) is 0 Å². The molecule has 0 atom stereocenters. The SMILES string of the molecule is Cc1nnc(NC(=O)c2ccccc2C(=O)O)o1. The van der Waals surface area contributed by atoms with Crippen LogP contribution < -0.4 is 5.32 Å². The number of anilines is 1. The van der Waals surface area contributed by atoms with Gasteiger partial charge in [-0.15, -0.1) is 5.10 Å². The number of rotatable bonds is 3. The summed E-state index contributed by atoms with van der Waals surface area (Å²) in [6, 6.07) is 5.79. The molecule has 0 saturated heterocycles. The number of aryl methyl sites for hydroxylation is 1. The Hall–Kier alpha value is -2.70. The van der Waals surface area contributed by atoms with Crippen LogP contribution in [0.15, 0.2) is 28.7 Å². The number of hydrogen-bond acceptors (Lipinski definition) is 5. The van der Waals surface area contributed by atoms with Crippen molar-refractivity contribution in [2.24, 2.45) is 0 Å². The summed E-state index contributed by atoms with van der Waals surface area (Å²) in [5.74, 6) is -1.49. The molecule has 0 saturated carbocycles. The zero-order chi connectivity index (χ0) is 13.1. The van der Waals surface area contributed by atoms with Crippen molar-refractivity contribution < 1.29 is 19.1 Å². The minimum absolute atomic E-state index is 0.0286. The molecular weight excluding hydrogens is 238 g/mol. The molecule has 0 spiro atoms. The zero-order valence-electron chi connectivity index (χ0n) is 9.38. The van der Waals surface area contributed by atoms with Crippen molar-refractivity contribution in [3.63, 3.8) is 0 Å². The molecule has 0 aliphatic carbocycles. The van der Waals surface area contributed by atoms with Gasteiger partial charge in [0.15, 0.2) is 0 Å². The molecular formula is C11H9N3O4. The van der Waals surface area contributed by atoms with E-state index in [1.807, 2.05) is 0 Å². The summed E-state index contributed by atoms with van der Waals surface area (Å²) < 4.78 is 4.97. The fourth-order valence-corrected chi connectivity index (χ4v) is 1.38. The van der Waals surface area contributed by atoms with Gasteiger partial charge in [0.05, 0.1) is 11.1 Å². The Balaban J connectivity index is 2.26. The van der Waals surface area contributed by atoms with Gasteiger partial charge in [-0.3, -0.25) is 10.1 Å². The molecule has 2 rings (SSSR count). The first-order valence-electron chi connectivity index (χ1n) is 5.01. The van der Waals surface area contributed by atoms with Crippen LogP contribution in [-0.2, 0) is 0 Å². The van der Waals surface area contributed by atoms with Crippen molar-refractivity contribution in [1.29, 1.82) is 0 Å². The number of amides is 1. The van der Waals surface area contributed by atoms with E-state index in [2.05, 4.69) is 15.5 Å². The summed E-state index contributed by atoms with van der Waals surface area (Å²) in [5, 5.41) is 18.4. The molecule has 2 N–H and O–H groups in total. The number of aromatic carboxylic acids is 1. The first-order chi connectivity index (χ1) is 8.58. The minimum Gasteiger partial charge on any atom is -0.478 e. The standard InChI is InChI=1S/C11H9N3O4/c1-6-13-14-11(18-6)12-9(15)7-4-2-3-5-8(7)10(16)17/h2-5H,1H3,(H,16,17)(H,12,14,15). The number of nitrogens with zero attached hydrogens (tertiary/aromatic N) is 2. The molecule has 0 unspecified atom stereocenters. The first-order valence-corrected chi connectivity index (χ1v) is 5.01. The lowest BCUT2D eigenvalue weighted by Gasteiger charge is -2.04. The molecule has 2 aromatic rings. The van der Waals surface area contributed by atoms with Gasteiger partial charge in [0, 0.05) is 6.92 Å². The van der Waals surface area contributed by atoms with Crippen LogP contribution in [0.3, 0.4) is 0 Å². The number of aromatic nitrogens is 2. The molecule has 92 valence electrons. The number of carbonyl (C=O) groups is 2. The van der Waals surface area contributed by atoms with Gasteiger partial charge in [0.25, 0.3) is 5.91 Å². The predicted molar refractivity (Wildman–Crippen MR) is 60.4 cm³/mol. The van der Waals surface area contributed by atoms with Crippen molar-refractivity contribution in [3.8, 4) is 0 Å². The quantitative estimate of drug-likeness (QED) is 0.847. The molecule has 0 radical (unpaired) electrons. The van der Waals surface area contributed by atoms with Gasteiger partial charge in [-0.05, 0) is 12.1 Å². The number of carboxylic acid groups (broad SMARTS) is 1. The molecule has 0 aliphatic heterocycles. The molecule has 1 amide bonds. The summed E-state index contributed by atoms with van der Waals surface area (Å²) in [5.41, 5.74) is -0.0629. The Bertz CT molecular complexity index is 606. The maximum atomic E-state index is 11.8. The van der Waals surface area contributed by atoms with E-state index in [-0.39, 0.29) is 17.1 Å². The smallest absolute Gasteiger partial charge is 0.336 e. The van der Waals surface area contributed by atoms with E-state index in [1.165, 1.54) is 18.2 Å². The molecule has 18 heavy (non-hydrogen) atoms. The van der Waals surface area contributed by atoms with Crippen LogP contribution in [0, 0.1) is 6.92 Å². The van der Waals surface area contributed by atoms with Crippen LogP contribution in [0.1, 0.15) is 26.6 Å². The molecule has 0 fully saturated rings. The third kappa shape index (κ3) is 2.34. The van der Waals surface area contributed by atoms with E-state index in [0.29, 0.717) is 5.89 Å². The summed E-state index contributed by atoms with van der Waals surface area (Å²) in [4.78, 5) is 22.8. The highest BCUT2D eigenvalue weighted by Gasteiger charge is 2.17. The molecule has 0 bridgehead atoms. The Labute approximate surface area is 101 Å². The van der Waals surface area contributed by atoms with Crippen molar-refractivity contribution >= 4 is 17.9 Å². The van der Waals surface area contributed by atoms with Gasteiger partial charge in [0.2, 0.25) is 5.89 Å². The van der Waals surface area contributed by atoms with Crippen molar-refractivity contribution in [2.75, 3.05) is 5.32 Å². The second-order valence-electron chi connectivity index (χ2n) is 3.43. The third-order valence-corrected chi connectivity index (χ3v) is 2.15. The van der Waals surface area contributed by atoms with E-state index >= 15 is 0 Å². The van der Waals surface area contributed by atoms with Crippen molar-refractivity contribution in [2.45, 2.75) is 6.92 Å².